The highest BCUT2D eigenvalue weighted by atomic mass is 35.5. The molecular weight excluding hydrogens is 540 g/mol. The highest BCUT2D eigenvalue weighted by Crippen LogP contribution is 2.49. The summed E-state index contributed by atoms with van der Waals surface area (Å²) >= 11 is 5.66. The summed E-state index contributed by atoms with van der Waals surface area (Å²) in [5, 5.41) is 5.89. The number of nitrogens with one attached hydrogen (secondary N) is 2. The number of ether oxygens (including phenoxy) is 1. The lowest BCUT2D eigenvalue weighted by Crippen LogP contribution is -2.75. The fourth-order valence-electron chi connectivity index (χ4n) is 6.56. The van der Waals surface area contributed by atoms with Crippen LogP contribution in [0.25, 0.3) is 0 Å². The fraction of sp³-hybridized carbons (Fsp3) is 0.704. The van der Waals surface area contributed by atoms with Crippen molar-refractivity contribution in [3.05, 3.63) is 29.0 Å². The van der Waals surface area contributed by atoms with Crippen LogP contribution in [0, 0.1) is 5.82 Å². The lowest BCUT2D eigenvalue weighted by Gasteiger charge is -2.57. The van der Waals surface area contributed by atoms with E-state index < -0.39 is 47.0 Å². The van der Waals surface area contributed by atoms with Gasteiger partial charge in [0.2, 0.25) is 5.91 Å². The van der Waals surface area contributed by atoms with Gasteiger partial charge in [0.1, 0.15) is 23.3 Å². The maximum Gasteiger partial charge on any atom is 0.258 e. The van der Waals surface area contributed by atoms with Gasteiger partial charge in [-0.2, -0.15) is 0 Å². The molecule has 0 aromatic heterocycles. The molecule has 39 heavy (non-hydrogen) atoms. The highest BCUT2D eigenvalue weighted by Gasteiger charge is 2.58. The van der Waals surface area contributed by atoms with Crippen LogP contribution in [0.3, 0.4) is 0 Å². The predicted molar refractivity (Wildman–Crippen MR) is 139 cm³/mol. The number of likely N-dealkylation sites (N-methyl/N-ethyl adjacent to an activating group) is 2. The minimum Gasteiger partial charge on any atom is -0.484 e. The van der Waals surface area contributed by atoms with E-state index in [1.165, 1.54) is 17.0 Å². The maximum atomic E-state index is 15.8. The van der Waals surface area contributed by atoms with E-state index in [0.717, 1.165) is 6.07 Å². The third-order valence-corrected chi connectivity index (χ3v) is 9.25. The van der Waals surface area contributed by atoms with E-state index in [-0.39, 0.29) is 42.8 Å². The van der Waals surface area contributed by atoms with Crippen LogP contribution in [0.2, 0.25) is 5.02 Å². The molecule has 218 valence electrons. The Morgan fingerprint density at radius 3 is 2.46 bits per heavy atom. The average molecular weight is 577 g/mol. The van der Waals surface area contributed by atoms with Crippen LogP contribution in [0.1, 0.15) is 51.9 Å². The standard InChI is InChI=1S/C27H37ClF4N4O3/c1-4-7-27(16-35(2)20(23(31)32)14-36(27)3)24(38)34-26-10-8-25(9-11-26,13-21(26)30)33-22(37)15-39-17-5-6-18(28)19(29)12-17/h5-6,12,20-21,23H,4,7-11,13-16H2,1-3H3,(H,33,37)(H,34,38). The van der Waals surface area contributed by atoms with E-state index in [1.54, 1.807) is 19.0 Å². The zero-order chi connectivity index (χ0) is 28.6. The number of nitrogens with zero attached hydrogens (tertiary/aromatic N) is 2. The minimum absolute atomic E-state index is 0.0352. The summed E-state index contributed by atoms with van der Waals surface area (Å²) in [6.45, 7) is 1.74. The summed E-state index contributed by atoms with van der Waals surface area (Å²) in [4.78, 5) is 29.7. The van der Waals surface area contributed by atoms with Crippen LogP contribution in [0.4, 0.5) is 17.6 Å². The third kappa shape index (κ3) is 5.86. The number of hydrogen-bond acceptors (Lipinski definition) is 5. The molecule has 5 rings (SSSR count). The Morgan fingerprint density at radius 2 is 1.87 bits per heavy atom. The van der Waals surface area contributed by atoms with Gasteiger partial charge in [0.05, 0.1) is 16.6 Å². The molecule has 1 aromatic rings. The fourth-order valence-corrected chi connectivity index (χ4v) is 6.68. The first kappa shape index (κ1) is 29.9. The van der Waals surface area contributed by atoms with Crippen molar-refractivity contribution in [1.82, 2.24) is 20.4 Å². The zero-order valence-corrected chi connectivity index (χ0v) is 23.3. The first-order chi connectivity index (χ1) is 18.4. The molecule has 1 aliphatic heterocycles. The van der Waals surface area contributed by atoms with Crippen LogP contribution in [-0.4, -0.2) is 90.7 Å². The quantitative estimate of drug-likeness (QED) is 0.436. The molecule has 12 heteroatoms. The molecule has 3 saturated carbocycles. The average Bonchev–Trinajstić information content (AvgIpc) is 2.87. The molecule has 0 radical (unpaired) electrons. The molecular formula is C27H37ClF4N4O3. The van der Waals surface area contributed by atoms with Crippen molar-refractivity contribution < 1.29 is 31.9 Å². The van der Waals surface area contributed by atoms with Gasteiger partial charge in [-0.1, -0.05) is 24.9 Å². The van der Waals surface area contributed by atoms with E-state index >= 15 is 4.39 Å². The topological polar surface area (TPSA) is 73.9 Å². The summed E-state index contributed by atoms with van der Waals surface area (Å²) in [7, 11) is 3.29. The monoisotopic (exact) mass is 576 g/mol. The number of fused-ring (bicyclic) bond motifs is 3. The van der Waals surface area contributed by atoms with Gasteiger partial charge in [-0.05, 0) is 58.3 Å². The van der Waals surface area contributed by atoms with Gasteiger partial charge in [-0.15, -0.1) is 0 Å². The molecule has 3 atom stereocenters. The number of carbonyl (C=O) groups excluding carboxylic acids is 2. The van der Waals surface area contributed by atoms with Crippen molar-refractivity contribution >= 4 is 23.4 Å². The number of alkyl halides is 3. The number of halogens is 5. The Bertz CT molecular complexity index is 1070. The van der Waals surface area contributed by atoms with Crippen LogP contribution >= 0.6 is 11.6 Å². The number of amides is 2. The molecule has 4 aliphatic rings. The Kier molecular flexibility index (Phi) is 8.73. The normalized spacial score (nSPS) is 33.3. The lowest BCUT2D eigenvalue weighted by atomic mass is 9.60. The number of piperazine rings is 1. The smallest absolute Gasteiger partial charge is 0.258 e. The van der Waals surface area contributed by atoms with Crippen LogP contribution in [0.15, 0.2) is 18.2 Å². The van der Waals surface area contributed by atoms with Crippen molar-refractivity contribution in [1.29, 1.82) is 0 Å². The minimum atomic E-state index is -2.54. The summed E-state index contributed by atoms with van der Waals surface area (Å²) in [6, 6.07) is 2.89. The number of hydrogen-bond donors (Lipinski definition) is 2. The summed E-state index contributed by atoms with van der Waals surface area (Å²) in [5.41, 5.74) is -2.87. The number of benzene rings is 1. The molecule has 2 bridgehead atoms. The number of rotatable bonds is 9. The van der Waals surface area contributed by atoms with Crippen LogP contribution in [0.5, 0.6) is 5.75 Å². The molecule has 0 spiro atoms. The van der Waals surface area contributed by atoms with Crippen LogP contribution in [-0.2, 0) is 9.59 Å². The van der Waals surface area contributed by atoms with Gasteiger partial charge in [-0.25, -0.2) is 17.6 Å². The Balaban J connectivity index is 1.39. The second-order valence-electron chi connectivity index (χ2n) is 11.5. The van der Waals surface area contributed by atoms with E-state index in [0.29, 0.717) is 38.5 Å². The summed E-state index contributed by atoms with van der Waals surface area (Å²) in [5.74, 6) is -1.29. The van der Waals surface area contributed by atoms with Gasteiger partial charge in [0.15, 0.2) is 6.61 Å². The highest BCUT2D eigenvalue weighted by molar-refractivity contribution is 6.30. The van der Waals surface area contributed by atoms with Crippen molar-refractivity contribution in [3.63, 3.8) is 0 Å². The van der Waals surface area contributed by atoms with Gasteiger partial charge >= 0.3 is 0 Å². The number of carbonyl (C=O) groups is 2. The second kappa shape index (κ2) is 11.4. The Hall–Kier alpha value is -2.11. The first-order valence-electron chi connectivity index (χ1n) is 13.4. The molecule has 3 aliphatic carbocycles. The first-order valence-corrected chi connectivity index (χ1v) is 13.8. The van der Waals surface area contributed by atoms with Crippen molar-refractivity contribution in [2.24, 2.45) is 0 Å². The van der Waals surface area contributed by atoms with E-state index in [1.807, 2.05) is 6.92 Å². The molecule has 2 N–H and O–H groups in total. The third-order valence-electron chi connectivity index (χ3n) is 8.94. The zero-order valence-electron chi connectivity index (χ0n) is 22.5. The van der Waals surface area contributed by atoms with Crippen LogP contribution < -0.4 is 15.4 Å². The lowest BCUT2D eigenvalue weighted by molar-refractivity contribution is -0.149. The molecule has 3 unspecified atom stereocenters. The van der Waals surface area contributed by atoms with Crippen molar-refractivity contribution in [2.75, 3.05) is 33.8 Å². The molecule has 1 heterocycles. The SMILES string of the molecule is CCCC1(C(=O)NC23CCC(NC(=O)COc4ccc(Cl)c(F)c4)(CC2)CC3F)CN(C)C(C(F)F)CN1C. The van der Waals surface area contributed by atoms with Crippen molar-refractivity contribution in [3.8, 4) is 5.75 Å². The van der Waals surface area contributed by atoms with Gasteiger partial charge < -0.3 is 15.4 Å². The Morgan fingerprint density at radius 1 is 1.18 bits per heavy atom. The van der Waals surface area contributed by atoms with Gasteiger partial charge in [0.25, 0.3) is 12.3 Å². The summed E-state index contributed by atoms with van der Waals surface area (Å²) in [6.07, 6.45) is -1.15. The van der Waals surface area contributed by atoms with E-state index in [2.05, 4.69) is 10.6 Å². The van der Waals surface area contributed by atoms with E-state index in [4.69, 9.17) is 16.3 Å². The van der Waals surface area contributed by atoms with Gasteiger partial charge in [-0.3, -0.25) is 19.4 Å². The van der Waals surface area contributed by atoms with Gasteiger partial charge in [0, 0.05) is 31.1 Å². The molecule has 1 saturated heterocycles. The van der Waals surface area contributed by atoms with Crippen molar-refractivity contribution in [2.45, 2.75) is 87.1 Å². The molecule has 7 nitrogen and oxygen atoms in total. The second-order valence-corrected chi connectivity index (χ2v) is 11.9. The Labute approximate surface area is 231 Å². The maximum absolute atomic E-state index is 15.8. The predicted octanol–water partition coefficient (Wildman–Crippen LogP) is 3.93. The van der Waals surface area contributed by atoms with E-state index in [9.17, 15) is 22.8 Å². The molecule has 1 aromatic carbocycles. The molecule has 2 amide bonds. The summed E-state index contributed by atoms with van der Waals surface area (Å²) < 4.78 is 61.8. The largest absolute Gasteiger partial charge is 0.484 e. The molecule has 4 fully saturated rings.